The third-order valence-corrected chi connectivity index (χ3v) is 3.96. The smallest absolute Gasteiger partial charge is 0.251 e. The maximum Gasteiger partial charge on any atom is 0.251 e. The van der Waals surface area contributed by atoms with Crippen molar-refractivity contribution < 1.29 is 14.3 Å². The zero-order valence-corrected chi connectivity index (χ0v) is 12.4. The van der Waals surface area contributed by atoms with Gasteiger partial charge in [0.25, 0.3) is 5.91 Å². The first-order chi connectivity index (χ1) is 9.60. The summed E-state index contributed by atoms with van der Waals surface area (Å²) in [5, 5.41) is 2.62. The lowest BCUT2D eigenvalue weighted by Crippen LogP contribution is -2.53. The van der Waals surface area contributed by atoms with Crippen molar-refractivity contribution in [2.24, 2.45) is 5.92 Å². The van der Waals surface area contributed by atoms with Crippen LogP contribution in [0.2, 0.25) is 0 Å². The predicted octanol–water partition coefficient (Wildman–Crippen LogP) is -0.308. The van der Waals surface area contributed by atoms with E-state index in [1.807, 2.05) is 11.8 Å². The molecular weight excluding hydrogens is 258 g/mol. The first-order valence-electron chi connectivity index (χ1n) is 7.43. The second-order valence-electron chi connectivity index (χ2n) is 5.69. The van der Waals surface area contributed by atoms with Crippen molar-refractivity contribution in [1.82, 2.24) is 15.1 Å². The van der Waals surface area contributed by atoms with Crippen LogP contribution < -0.4 is 5.32 Å². The fourth-order valence-electron chi connectivity index (χ4n) is 2.30. The molecule has 1 aliphatic heterocycles. The minimum atomic E-state index is -0.346. The molecule has 1 heterocycles. The van der Waals surface area contributed by atoms with Gasteiger partial charge < -0.3 is 15.0 Å². The van der Waals surface area contributed by atoms with Crippen LogP contribution in [-0.2, 0) is 14.3 Å². The van der Waals surface area contributed by atoms with E-state index in [1.165, 1.54) is 12.8 Å². The van der Waals surface area contributed by atoms with Gasteiger partial charge in [-0.3, -0.25) is 14.5 Å². The highest BCUT2D eigenvalue weighted by molar-refractivity contribution is 5.81. The first kappa shape index (κ1) is 15.3. The van der Waals surface area contributed by atoms with Gasteiger partial charge in [0.2, 0.25) is 5.91 Å². The zero-order valence-electron chi connectivity index (χ0n) is 12.4. The monoisotopic (exact) mass is 283 g/mol. The number of nitrogens with one attached hydrogen (secondary N) is 1. The molecule has 1 N–H and O–H groups in total. The number of likely N-dealkylation sites (N-methyl/N-ethyl adjacent to an activating group) is 1. The van der Waals surface area contributed by atoms with Crippen LogP contribution in [0.4, 0.5) is 0 Å². The Labute approximate surface area is 120 Å². The molecule has 1 unspecified atom stereocenters. The van der Waals surface area contributed by atoms with Gasteiger partial charge in [-0.05, 0) is 25.7 Å². The second-order valence-corrected chi connectivity index (χ2v) is 5.69. The standard InChI is InChI=1S/C14H25N3O3/c1-11(20-10-12-3-4-12)14(19)17-7-5-16(6-8-17)9-13(18)15-2/h11-12H,3-10H2,1-2H3,(H,15,18). The number of piperazine rings is 1. The Morgan fingerprint density at radius 3 is 2.45 bits per heavy atom. The molecule has 0 aromatic rings. The highest BCUT2D eigenvalue weighted by Crippen LogP contribution is 2.29. The van der Waals surface area contributed by atoms with Crippen molar-refractivity contribution in [3.63, 3.8) is 0 Å². The molecule has 1 saturated heterocycles. The van der Waals surface area contributed by atoms with Crippen molar-refractivity contribution in [1.29, 1.82) is 0 Å². The first-order valence-corrected chi connectivity index (χ1v) is 7.43. The molecule has 1 saturated carbocycles. The van der Waals surface area contributed by atoms with Gasteiger partial charge in [-0.15, -0.1) is 0 Å². The lowest BCUT2D eigenvalue weighted by atomic mass is 10.2. The molecule has 2 amide bonds. The van der Waals surface area contributed by atoms with Crippen molar-refractivity contribution in [2.45, 2.75) is 25.9 Å². The van der Waals surface area contributed by atoms with E-state index in [1.54, 1.807) is 7.05 Å². The number of hydrogen-bond donors (Lipinski definition) is 1. The van der Waals surface area contributed by atoms with Gasteiger partial charge >= 0.3 is 0 Å². The Bertz CT molecular complexity index is 350. The third-order valence-electron chi connectivity index (χ3n) is 3.96. The quantitative estimate of drug-likeness (QED) is 0.726. The summed E-state index contributed by atoms with van der Waals surface area (Å²) in [5.74, 6) is 0.769. The van der Waals surface area contributed by atoms with Crippen LogP contribution in [-0.4, -0.2) is 74.1 Å². The Morgan fingerprint density at radius 2 is 1.90 bits per heavy atom. The van der Waals surface area contributed by atoms with E-state index in [0.29, 0.717) is 32.2 Å². The highest BCUT2D eigenvalue weighted by atomic mass is 16.5. The van der Waals surface area contributed by atoms with E-state index in [0.717, 1.165) is 13.1 Å². The molecule has 0 bridgehead atoms. The van der Waals surface area contributed by atoms with Crippen LogP contribution in [0.3, 0.4) is 0 Å². The zero-order chi connectivity index (χ0) is 14.5. The molecule has 0 aromatic heterocycles. The minimum Gasteiger partial charge on any atom is -0.368 e. The van der Waals surface area contributed by atoms with Crippen LogP contribution in [0.25, 0.3) is 0 Å². The number of carbonyl (C=O) groups is 2. The van der Waals surface area contributed by atoms with Crippen LogP contribution >= 0.6 is 0 Å². The molecule has 0 spiro atoms. The summed E-state index contributed by atoms with van der Waals surface area (Å²) in [6.07, 6.45) is 2.12. The van der Waals surface area contributed by atoms with E-state index in [-0.39, 0.29) is 17.9 Å². The molecule has 2 rings (SSSR count). The van der Waals surface area contributed by atoms with Crippen LogP contribution in [0.1, 0.15) is 19.8 Å². The SMILES string of the molecule is CNC(=O)CN1CCN(C(=O)C(C)OCC2CC2)CC1. The van der Waals surface area contributed by atoms with Crippen LogP contribution in [0.15, 0.2) is 0 Å². The molecule has 1 aliphatic carbocycles. The van der Waals surface area contributed by atoms with Gasteiger partial charge in [0.15, 0.2) is 0 Å². The average molecular weight is 283 g/mol. The van der Waals surface area contributed by atoms with Crippen molar-refractivity contribution in [3.8, 4) is 0 Å². The molecule has 0 aromatic carbocycles. The average Bonchev–Trinajstić information content (AvgIpc) is 3.29. The number of carbonyl (C=O) groups excluding carboxylic acids is 2. The molecular formula is C14H25N3O3. The number of amides is 2. The lowest BCUT2D eigenvalue weighted by Gasteiger charge is -2.35. The van der Waals surface area contributed by atoms with E-state index in [9.17, 15) is 9.59 Å². The van der Waals surface area contributed by atoms with Crippen molar-refractivity contribution in [3.05, 3.63) is 0 Å². The van der Waals surface area contributed by atoms with Gasteiger partial charge in [-0.25, -0.2) is 0 Å². The molecule has 2 aliphatic rings. The molecule has 6 nitrogen and oxygen atoms in total. The molecule has 0 radical (unpaired) electrons. The van der Waals surface area contributed by atoms with E-state index < -0.39 is 0 Å². The molecule has 2 fully saturated rings. The maximum atomic E-state index is 12.2. The van der Waals surface area contributed by atoms with Gasteiger partial charge in [-0.2, -0.15) is 0 Å². The van der Waals surface area contributed by atoms with Gasteiger partial charge in [-0.1, -0.05) is 0 Å². The number of rotatable bonds is 6. The summed E-state index contributed by atoms with van der Waals surface area (Å²) in [6.45, 7) is 5.79. The predicted molar refractivity (Wildman–Crippen MR) is 75.2 cm³/mol. The second kappa shape index (κ2) is 7.04. The fraction of sp³-hybridized carbons (Fsp3) is 0.857. The third kappa shape index (κ3) is 4.45. The van der Waals surface area contributed by atoms with Gasteiger partial charge in [0.1, 0.15) is 6.10 Å². The summed E-state index contributed by atoms with van der Waals surface area (Å²) in [7, 11) is 1.64. The van der Waals surface area contributed by atoms with E-state index in [4.69, 9.17) is 4.74 Å². The summed E-state index contributed by atoms with van der Waals surface area (Å²) in [5.41, 5.74) is 0. The lowest BCUT2D eigenvalue weighted by molar-refractivity contribution is -0.144. The highest BCUT2D eigenvalue weighted by Gasteiger charge is 2.28. The number of nitrogens with zero attached hydrogens (tertiary/aromatic N) is 2. The van der Waals surface area contributed by atoms with Gasteiger partial charge in [0.05, 0.1) is 13.2 Å². The molecule has 1 atom stereocenters. The summed E-state index contributed by atoms with van der Waals surface area (Å²) in [6, 6.07) is 0. The summed E-state index contributed by atoms with van der Waals surface area (Å²) < 4.78 is 5.62. The summed E-state index contributed by atoms with van der Waals surface area (Å²) in [4.78, 5) is 27.4. The molecule has 20 heavy (non-hydrogen) atoms. The Balaban J connectivity index is 1.68. The Morgan fingerprint density at radius 1 is 1.25 bits per heavy atom. The topological polar surface area (TPSA) is 61.9 Å². The molecule has 114 valence electrons. The molecule has 6 heteroatoms. The number of ether oxygens (including phenoxy) is 1. The normalized spacial score (nSPS) is 21.6. The van der Waals surface area contributed by atoms with Gasteiger partial charge in [0, 0.05) is 33.2 Å². The van der Waals surface area contributed by atoms with Crippen molar-refractivity contribution >= 4 is 11.8 Å². The largest absolute Gasteiger partial charge is 0.368 e. The van der Waals surface area contributed by atoms with Crippen molar-refractivity contribution in [2.75, 3.05) is 46.4 Å². The van der Waals surface area contributed by atoms with E-state index >= 15 is 0 Å². The van der Waals surface area contributed by atoms with E-state index in [2.05, 4.69) is 10.2 Å². The fourth-order valence-corrected chi connectivity index (χ4v) is 2.30. The Kier molecular flexibility index (Phi) is 5.37. The minimum absolute atomic E-state index is 0.0194. The van der Waals surface area contributed by atoms with Crippen LogP contribution in [0.5, 0.6) is 0 Å². The summed E-state index contributed by atoms with van der Waals surface area (Å²) >= 11 is 0. The Hall–Kier alpha value is -1.14. The number of hydrogen-bond acceptors (Lipinski definition) is 4. The maximum absolute atomic E-state index is 12.2. The van der Waals surface area contributed by atoms with Crippen LogP contribution in [0, 0.1) is 5.92 Å².